The maximum absolute atomic E-state index is 13.4. The maximum Gasteiger partial charge on any atom is 0.307 e. The van der Waals surface area contributed by atoms with Crippen LogP contribution >= 0.6 is 0 Å². The number of likely N-dealkylation sites (N-methyl/N-ethyl adjacent to an activating group) is 1. The van der Waals surface area contributed by atoms with Gasteiger partial charge in [-0.2, -0.15) is 0 Å². The van der Waals surface area contributed by atoms with Crippen LogP contribution in [0.1, 0.15) is 12.0 Å². The van der Waals surface area contributed by atoms with Crippen LogP contribution in [-0.4, -0.2) is 26.2 Å². The van der Waals surface area contributed by atoms with Crippen molar-refractivity contribution in [2.24, 2.45) is 0 Å². The minimum absolute atomic E-state index is 0.114. The van der Waals surface area contributed by atoms with Crippen LogP contribution < -0.4 is 5.32 Å². The highest BCUT2D eigenvalue weighted by Crippen LogP contribution is 2.13. The number of carbonyl (C=O) groups excluding carboxylic acids is 1. The summed E-state index contributed by atoms with van der Waals surface area (Å²) in [6.07, 6.45) is 0.345. The Hall–Kier alpha value is -1.49. The zero-order valence-electron chi connectivity index (χ0n) is 9.80. The summed E-state index contributed by atoms with van der Waals surface area (Å²) in [6, 6.07) is 3.00. The summed E-state index contributed by atoms with van der Waals surface area (Å²) < 4.78 is 30.9. The van der Waals surface area contributed by atoms with Gasteiger partial charge >= 0.3 is 5.97 Å². The first kappa shape index (κ1) is 13.6. The summed E-state index contributed by atoms with van der Waals surface area (Å²) in [4.78, 5) is 11.1. The van der Waals surface area contributed by atoms with Crippen LogP contribution in [0.4, 0.5) is 8.78 Å². The van der Waals surface area contributed by atoms with Gasteiger partial charge in [0.2, 0.25) is 0 Å². The number of methoxy groups -OCH3 is 1. The van der Waals surface area contributed by atoms with Gasteiger partial charge in [0.05, 0.1) is 13.5 Å². The Morgan fingerprint density at radius 1 is 1.47 bits per heavy atom. The lowest BCUT2D eigenvalue weighted by Gasteiger charge is -2.15. The van der Waals surface area contributed by atoms with Crippen molar-refractivity contribution in [2.75, 3.05) is 14.2 Å². The van der Waals surface area contributed by atoms with Crippen molar-refractivity contribution >= 4 is 5.97 Å². The summed E-state index contributed by atoms with van der Waals surface area (Å²) in [7, 11) is 2.95. The van der Waals surface area contributed by atoms with Gasteiger partial charge in [0.15, 0.2) is 0 Å². The third kappa shape index (κ3) is 4.11. The van der Waals surface area contributed by atoms with E-state index in [4.69, 9.17) is 0 Å². The molecule has 1 aromatic rings. The van der Waals surface area contributed by atoms with Gasteiger partial charge in [0.1, 0.15) is 11.6 Å². The van der Waals surface area contributed by atoms with Crippen LogP contribution in [0.3, 0.4) is 0 Å². The summed E-state index contributed by atoms with van der Waals surface area (Å²) in [5.41, 5.74) is 0.244. The normalized spacial score (nSPS) is 12.2. The smallest absolute Gasteiger partial charge is 0.307 e. The van der Waals surface area contributed by atoms with E-state index in [1.54, 1.807) is 7.05 Å². The number of halogens is 2. The standard InChI is InChI=1S/C12H15F2NO2/c1-15-10(7-12(16)17-2)6-8-5-9(13)3-4-11(8)14/h3-5,10,15H,6-7H2,1-2H3. The molecule has 0 bridgehead atoms. The van der Waals surface area contributed by atoms with Gasteiger partial charge in [0.25, 0.3) is 0 Å². The quantitative estimate of drug-likeness (QED) is 0.799. The second-order valence-electron chi connectivity index (χ2n) is 3.71. The Morgan fingerprint density at radius 3 is 2.76 bits per heavy atom. The van der Waals surface area contributed by atoms with Gasteiger partial charge in [-0.15, -0.1) is 0 Å². The number of rotatable bonds is 5. The van der Waals surface area contributed by atoms with Gasteiger partial charge in [0, 0.05) is 6.04 Å². The monoisotopic (exact) mass is 243 g/mol. The molecule has 0 aromatic heterocycles. The number of nitrogens with one attached hydrogen (secondary N) is 1. The SMILES string of the molecule is CNC(CC(=O)OC)Cc1cc(F)ccc1F. The lowest BCUT2D eigenvalue weighted by molar-refractivity contribution is -0.141. The highest BCUT2D eigenvalue weighted by Gasteiger charge is 2.15. The van der Waals surface area contributed by atoms with Crippen LogP contribution in [0.25, 0.3) is 0 Å². The maximum atomic E-state index is 13.4. The summed E-state index contributed by atoms with van der Waals surface area (Å²) in [6.45, 7) is 0. The first-order valence-corrected chi connectivity index (χ1v) is 5.24. The lowest BCUT2D eigenvalue weighted by Crippen LogP contribution is -2.31. The Morgan fingerprint density at radius 2 is 2.18 bits per heavy atom. The van der Waals surface area contributed by atoms with Crippen molar-refractivity contribution in [1.29, 1.82) is 0 Å². The van der Waals surface area contributed by atoms with Gasteiger partial charge in [-0.25, -0.2) is 8.78 Å². The molecule has 0 saturated carbocycles. The highest BCUT2D eigenvalue weighted by atomic mass is 19.1. The van der Waals surface area contributed by atoms with Crippen molar-refractivity contribution in [3.05, 3.63) is 35.4 Å². The fraction of sp³-hybridized carbons (Fsp3) is 0.417. The number of ether oxygens (including phenoxy) is 1. The molecular weight excluding hydrogens is 228 g/mol. The predicted molar refractivity (Wildman–Crippen MR) is 59.5 cm³/mol. The first-order valence-electron chi connectivity index (χ1n) is 5.24. The molecule has 0 heterocycles. The Balaban J connectivity index is 2.73. The zero-order valence-corrected chi connectivity index (χ0v) is 9.80. The van der Waals surface area contributed by atoms with E-state index in [9.17, 15) is 13.6 Å². The Kier molecular flexibility index (Phi) is 5.03. The van der Waals surface area contributed by atoms with E-state index in [-0.39, 0.29) is 30.4 Å². The molecule has 0 aliphatic heterocycles. The van der Waals surface area contributed by atoms with Crippen molar-refractivity contribution in [3.63, 3.8) is 0 Å². The fourth-order valence-electron chi connectivity index (χ4n) is 1.53. The molecule has 0 aliphatic rings. The average Bonchev–Trinajstić information content (AvgIpc) is 2.32. The molecule has 17 heavy (non-hydrogen) atoms. The summed E-state index contributed by atoms with van der Waals surface area (Å²) in [5, 5.41) is 2.87. The van der Waals surface area contributed by atoms with Crippen molar-refractivity contribution < 1.29 is 18.3 Å². The Bertz CT molecular complexity index is 396. The molecule has 1 aromatic carbocycles. The van der Waals surface area contributed by atoms with E-state index in [2.05, 4.69) is 10.1 Å². The van der Waals surface area contributed by atoms with Crippen LogP contribution in [0.2, 0.25) is 0 Å². The third-order valence-corrected chi connectivity index (χ3v) is 2.52. The van der Waals surface area contributed by atoms with E-state index in [1.807, 2.05) is 0 Å². The molecule has 1 unspecified atom stereocenters. The second kappa shape index (κ2) is 6.30. The van der Waals surface area contributed by atoms with Crippen molar-refractivity contribution in [1.82, 2.24) is 5.32 Å². The van der Waals surface area contributed by atoms with Crippen molar-refractivity contribution in [2.45, 2.75) is 18.9 Å². The number of carbonyl (C=O) groups is 1. The van der Waals surface area contributed by atoms with Crippen LogP contribution in [0.5, 0.6) is 0 Å². The molecule has 0 radical (unpaired) electrons. The fourth-order valence-corrected chi connectivity index (χ4v) is 1.53. The predicted octanol–water partition coefficient (Wildman–Crippen LogP) is 1.66. The molecule has 0 aliphatic carbocycles. The molecule has 0 amide bonds. The molecule has 0 fully saturated rings. The van der Waals surface area contributed by atoms with Gasteiger partial charge in [-0.1, -0.05) is 0 Å². The average molecular weight is 243 g/mol. The van der Waals surface area contributed by atoms with E-state index >= 15 is 0 Å². The van der Waals surface area contributed by atoms with E-state index < -0.39 is 11.6 Å². The highest BCUT2D eigenvalue weighted by molar-refractivity contribution is 5.69. The minimum Gasteiger partial charge on any atom is -0.469 e. The van der Waals surface area contributed by atoms with E-state index in [0.29, 0.717) is 0 Å². The van der Waals surface area contributed by atoms with Crippen molar-refractivity contribution in [3.8, 4) is 0 Å². The van der Waals surface area contributed by atoms with E-state index in [0.717, 1.165) is 18.2 Å². The van der Waals surface area contributed by atoms with Gasteiger partial charge in [-0.3, -0.25) is 4.79 Å². The molecular formula is C12H15F2NO2. The molecule has 3 nitrogen and oxygen atoms in total. The minimum atomic E-state index is -0.491. The summed E-state index contributed by atoms with van der Waals surface area (Å²) >= 11 is 0. The molecule has 94 valence electrons. The second-order valence-corrected chi connectivity index (χ2v) is 3.71. The largest absolute Gasteiger partial charge is 0.469 e. The molecule has 1 atom stereocenters. The number of hydrogen-bond donors (Lipinski definition) is 1. The van der Waals surface area contributed by atoms with Gasteiger partial charge in [-0.05, 0) is 37.2 Å². The molecule has 5 heteroatoms. The molecule has 0 spiro atoms. The van der Waals surface area contributed by atoms with E-state index in [1.165, 1.54) is 7.11 Å². The lowest BCUT2D eigenvalue weighted by atomic mass is 10.0. The molecule has 1 N–H and O–H groups in total. The number of hydrogen-bond acceptors (Lipinski definition) is 3. The zero-order chi connectivity index (χ0) is 12.8. The Labute approximate surface area is 98.8 Å². The molecule has 1 rings (SSSR count). The van der Waals surface area contributed by atoms with Gasteiger partial charge < -0.3 is 10.1 Å². The molecule has 0 saturated heterocycles. The number of esters is 1. The van der Waals surface area contributed by atoms with Crippen LogP contribution in [0.15, 0.2) is 18.2 Å². The topological polar surface area (TPSA) is 38.3 Å². The third-order valence-electron chi connectivity index (χ3n) is 2.52. The van der Waals surface area contributed by atoms with Crippen LogP contribution in [-0.2, 0) is 16.0 Å². The van der Waals surface area contributed by atoms with Crippen LogP contribution in [0, 0.1) is 11.6 Å². The first-order chi connectivity index (χ1) is 8.06. The number of benzene rings is 1. The summed E-state index contributed by atoms with van der Waals surface area (Å²) in [5.74, 6) is -1.35.